The topological polar surface area (TPSA) is 75.2 Å². The first-order valence-corrected chi connectivity index (χ1v) is 10.0. The van der Waals surface area contributed by atoms with Gasteiger partial charge >= 0.3 is 0 Å². The summed E-state index contributed by atoms with van der Waals surface area (Å²) in [7, 11) is 0.219. The molecule has 9 heteroatoms. The maximum Gasteiger partial charge on any atom is 0.242 e. The third kappa shape index (κ3) is 3.43. The van der Waals surface area contributed by atoms with E-state index in [2.05, 4.69) is 13.5 Å². The number of benzene rings is 1. The average molecular weight is 369 g/mol. The molecule has 3 aromatic rings. The number of hydrogen-bond donors (Lipinski definition) is 1. The lowest BCUT2D eigenvalue weighted by Gasteiger charge is -2.24. The largest absolute Gasteiger partial charge is 0.301 e. The summed E-state index contributed by atoms with van der Waals surface area (Å²) < 4.78 is 36.2. The van der Waals surface area contributed by atoms with Gasteiger partial charge in [0.1, 0.15) is 15.9 Å². The van der Waals surface area contributed by atoms with Crippen LogP contribution in [-0.4, -0.2) is 42.7 Å². The van der Waals surface area contributed by atoms with Crippen molar-refractivity contribution in [1.82, 2.24) is 18.4 Å². The van der Waals surface area contributed by atoms with Gasteiger partial charge in [0, 0.05) is 12.6 Å². The van der Waals surface area contributed by atoms with E-state index in [1.807, 2.05) is 35.8 Å². The number of sulfonamides is 1. The summed E-state index contributed by atoms with van der Waals surface area (Å²) in [4.78, 5) is 2.17. The highest BCUT2D eigenvalue weighted by Gasteiger charge is 2.22. The summed E-state index contributed by atoms with van der Waals surface area (Å²) in [6, 6.07) is 6.98. The van der Waals surface area contributed by atoms with Crippen LogP contribution in [0.5, 0.6) is 0 Å². The molecule has 6 nitrogen and oxygen atoms in total. The van der Waals surface area contributed by atoms with Crippen LogP contribution in [0.3, 0.4) is 0 Å². The van der Waals surface area contributed by atoms with Crippen LogP contribution < -0.4 is 4.72 Å². The highest BCUT2D eigenvalue weighted by atomic mass is 32.2. The molecular weight excluding hydrogens is 352 g/mol. The van der Waals surface area contributed by atoms with Gasteiger partial charge in [0.15, 0.2) is 0 Å². The molecule has 0 fully saturated rings. The molecule has 1 atom stereocenters. The summed E-state index contributed by atoms with van der Waals surface area (Å²) in [6.45, 7) is 0.292. The van der Waals surface area contributed by atoms with E-state index in [1.54, 1.807) is 29.5 Å². The lowest BCUT2D eigenvalue weighted by molar-refractivity contribution is 0.300. The van der Waals surface area contributed by atoms with Gasteiger partial charge in [-0.05, 0) is 48.6 Å². The molecule has 2 heterocycles. The molecule has 1 aromatic carbocycles. The molecule has 1 N–H and O–H groups in total. The standard InChI is InChI=1S/C14H16N4O2S3/c1-18(2)12(10-6-7-21-9-10)8-15-23(19,20)13-5-3-4-11-14(13)17-22-16-11/h3-7,9,12,15H,8H2,1-2H3/t12-/m1/s1. The van der Waals surface area contributed by atoms with Gasteiger partial charge in [-0.25, -0.2) is 13.1 Å². The highest BCUT2D eigenvalue weighted by molar-refractivity contribution is 7.89. The molecule has 0 saturated heterocycles. The monoisotopic (exact) mass is 368 g/mol. The average Bonchev–Trinajstić information content (AvgIpc) is 3.17. The second kappa shape index (κ2) is 6.62. The van der Waals surface area contributed by atoms with Crippen molar-refractivity contribution in [3.8, 4) is 0 Å². The van der Waals surface area contributed by atoms with Crippen molar-refractivity contribution in [3.05, 3.63) is 40.6 Å². The number of thiophene rings is 1. The van der Waals surface area contributed by atoms with Crippen molar-refractivity contribution in [2.75, 3.05) is 20.6 Å². The Hall–Kier alpha value is -1.39. The number of aromatic nitrogens is 2. The predicted molar refractivity (Wildman–Crippen MR) is 93.4 cm³/mol. The van der Waals surface area contributed by atoms with Crippen LogP contribution in [0.1, 0.15) is 11.6 Å². The molecule has 0 saturated carbocycles. The van der Waals surface area contributed by atoms with Crippen LogP contribution >= 0.6 is 23.1 Å². The summed E-state index contributed by atoms with van der Waals surface area (Å²) in [5.74, 6) is 0. The molecule has 0 bridgehead atoms. The zero-order valence-corrected chi connectivity index (χ0v) is 15.1. The molecule has 23 heavy (non-hydrogen) atoms. The Labute approximate surface area is 143 Å². The molecule has 0 amide bonds. The minimum atomic E-state index is -3.65. The number of fused-ring (bicyclic) bond motifs is 1. The summed E-state index contributed by atoms with van der Waals surface area (Å²) >= 11 is 2.61. The van der Waals surface area contributed by atoms with Crippen LogP contribution in [0.4, 0.5) is 0 Å². The first-order valence-electron chi connectivity index (χ1n) is 6.88. The van der Waals surface area contributed by atoms with E-state index in [1.165, 1.54) is 0 Å². The SMILES string of the molecule is CN(C)[C@H](CNS(=O)(=O)c1cccc2nsnc12)c1ccsc1. The van der Waals surface area contributed by atoms with Gasteiger partial charge < -0.3 is 4.90 Å². The van der Waals surface area contributed by atoms with E-state index >= 15 is 0 Å². The predicted octanol–water partition coefficient (Wildman–Crippen LogP) is 2.33. The van der Waals surface area contributed by atoms with E-state index in [0.29, 0.717) is 17.6 Å². The van der Waals surface area contributed by atoms with E-state index in [0.717, 1.165) is 17.3 Å². The molecule has 122 valence electrons. The third-order valence-electron chi connectivity index (χ3n) is 3.56. The quantitative estimate of drug-likeness (QED) is 0.723. The smallest absolute Gasteiger partial charge is 0.242 e. The van der Waals surface area contributed by atoms with Crippen LogP contribution in [0.2, 0.25) is 0 Å². The molecule has 2 aromatic heterocycles. The van der Waals surface area contributed by atoms with Gasteiger partial charge in [-0.15, -0.1) is 0 Å². The van der Waals surface area contributed by atoms with Crippen molar-refractivity contribution in [2.24, 2.45) is 0 Å². The zero-order valence-electron chi connectivity index (χ0n) is 12.6. The minimum absolute atomic E-state index is 0.0243. The maximum atomic E-state index is 12.7. The molecule has 0 radical (unpaired) electrons. The fraction of sp³-hybridized carbons (Fsp3) is 0.286. The lowest BCUT2D eigenvalue weighted by atomic mass is 10.1. The normalized spacial score (nSPS) is 13.7. The fourth-order valence-electron chi connectivity index (χ4n) is 2.33. The first-order chi connectivity index (χ1) is 11.0. The van der Waals surface area contributed by atoms with E-state index in [9.17, 15) is 8.42 Å². The Balaban J connectivity index is 1.85. The summed E-state index contributed by atoms with van der Waals surface area (Å²) in [6.07, 6.45) is 0. The number of hydrogen-bond acceptors (Lipinski definition) is 7. The van der Waals surface area contributed by atoms with Gasteiger partial charge in [0.25, 0.3) is 0 Å². The van der Waals surface area contributed by atoms with Crippen molar-refractivity contribution < 1.29 is 8.42 Å². The lowest BCUT2D eigenvalue weighted by Crippen LogP contribution is -2.34. The Morgan fingerprint density at radius 3 is 2.78 bits per heavy atom. The summed E-state index contributed by atoms with van der Waals surface area (Å²) in [5, 5.41) is 4.02. The molecule has 0 aliphatic heterocycles. The Morgan fingerprint density at radius 2 is 2.09 bits per heavy atom. The van der Waals surface area contributed by atoms with Gasteiger partial charge in [0.05, 0.1) is 11.7 Å². The van der Waals surface area contributed by atoms with Gasteiger partial charge in [-0.1, -0.05) is 6.07 Å². The van der Waals surface area contributed by atoms with Gasteiger partial charge in [-0.3, -0.25) is 0 Å². The first kappa shape index (κ1) is 16.5. The molecule has 0 spiro atoms. The number of rotatable bonds is 6. The van der Waals surface area contributed by atoms with Crippen LogP contribution in [0.15, 0.2) is 39.9 Å². The molecule has 3 rings (SSSR count). The molecular formula is C14H16N4O2S3. The van der Waals surface area contributed by atoms with E-state index in [-0.39, 0.29) is 10.9 Å². The molecule has 0 unspecified atom stereocenters. The van der Waals surface area contributed by atoms with Crippen molar-refractivity contribution >= 4 is 44.1 Å². The van der Waals surface area contributed by atoms with Crippen LogP contribution in [0.25, 0.3) is 11.0 Å². The van der Waals surface area contributed by atoms with Gasteiger partial charge in [-0.2, -0.15) is 20.1 Å². The van der Waals surface area contributed by atoms with E-state index in [4.69, 9.17) is 0 Å². The van der Waals surface area contributed by atoms with E-state index < -0.39 is 10.0 Å². The second-order valence-corrected chi connectivity index (χ2v) is 8.32. The van der Waals surface area contributed by atoms with Crippen molar-refractivity contribution in [3.63, 3.8) is 0 Å². The second-order valence-electron chi connectivity index (χ2n) is 5.28. The molecule has 0 aliphatic carbocycles. The minimum Gasteiger partial charge on any atom is -0.301 e. The number of nitrogens with one attached hydrogen (secondary N) is 1. The van der Waals surface area contributed by atoms with Crippen LogP contribution in [-0.2, 0) is 10.0 Å². The molecule has 0 aliphatic rings. The van der Waals surface area contributed by atoms with Crippen LogP contribution in [0, 0.1) is 0 Å². The fourth-order valence-corrected chi connectivity index (χ4v) is 4.84. The maximum absolute atomic E-state index is 12.7. The Morgan fingerprint density at radius 1 is 1.26 bits per heavy atom. The highest BCUT2D eigenvalue weighted by Crippen LogP contribution is 2.23. The summed E-state index contributed by atoms with van der Waals surface area (Å²) in [5.41, 5.74) is 2.11. The van der Waals surface area contributed by atoms with Crippen molar-refractivity contribution in [2.45, 2.75) is 10.9 Å². The van der Waals surface area contributed by atoms with Crippen molar-refractivity contribution in [1.29, 1.82) is 0 Å². The Bertz CT molecular complexity index is 888. The van der Waals surface area contributed by atoms with Gasteiger partial charge in [0.2, 0.25) is 10.0 Å². The Kier molecular flexibility index (Phi) is 4.74. The zero-order chi connectivity index (χ0) is 16.4. The number of nitrogens with zero attached hydrogens (tertiary/aromatic N) is 3. The third-order valence-corrected chi connectivity index (χ3v) is 6.26. The number of likely N-dealkylation sites (N-methyl/N-ethyl adjacent to an activating group) is 1.